The Kier molecular flexibility index (Phi) is 7.66. The quantitative estimate of drug-likeness (QED) is 0.608. The highest BCUT2D eigenvalue weighted by Gasteiger charge is 2.29. The molecule has 2 fully saturated rings. The number of hydrogen-bond donors (Lipinski definition) is 1. The van der Waals surface area contributed by atoms with Gasteiger partial charge in [0, 0.05) is 43.9 Å². The first-order valence-electron chi connectivity index (χ1n) is 9.89. The van der Waals surface area contributed by atoms with Gasteiger partial charge in [0.1, 0.15) is 5.69 Å². The van der Waals surface area contributed by atoms with E-state index in [1.54, 1.807) is 17.0 Å². The lowest BCUT2D eigenvalue weighted by Crippen LogP contribution is -2.44. The van der Waals surface area contributed by atoms with Gasteiger partial charge in [0.15, 0.2) is 0 Å². The second-order valence-electron chi connectivity index (χ2n) is 8.17. The highest BCUT2D eigenvalue weighted by Crippen LogP contribution is 2.34. The number of nitrogens with zero attached hydrogens (tertiary/aromatic N) is 3. The van der Waals surface area contributed by atoms with Crippen molar-refractivity contribution in [1.29, 1.82) is 0 Å². The average molecular weight is 411 g/mol. The molecule has 3 rings (SSSR count). The Bertz CT molecular complexity index is 697. The molecule has 1 aromatic carbocycles. The topological polar surface area (TPSA) is 78.7 Å². The molecule has 0 spiro atoms. The lowest BCUT2D eigenvalue weighted by molar-refractivity contribution is -0.384. The van der Waals surface area contributed by atoms with Crippen LogP contribution in [0.4, 0.5) is 11.4 Å². The maximum atomic E-state index is 12.8. The van der Waals surface area contributed by atoms with Gasteiger partial charge in [-0.2, -0.15) is 0 Å². The molecule has 156 valence electrons. The molecular formula is C20H31ClN4O3. The van der Waals surface area contributed by atoms with E-state index >= 15 is 0 Å². The molecule has 0 saturated carbocycles. The van der Waals surface area contributed by atoms with E-state index in [2.05, 4.69) is 24.1 Å². The van der Waals surface area contributed by atoms with Crippen molar-refractivity contribution in [2.45, 2.75) is 39.2 Å². The monoisotopic (exact) mass is 410 g/mol. The summed E-state index contributed by atoms with van der Waals surface area (Å²) in [7, 11) is 1.94. The van der Waals surface area contributed by atoms with Crippen molar-refractivity contribution in [3.05, 3.63) is 33.9 Å². The van der Waals surface area contributed by atoms with Gasteiger partial charge in [-0.05, 0) is 50.3 Å². The van der Waals surface area contributed by atoms with E-state index in [-0.39, 0.29) is 28.9 Å². The zero-order chi connectivity index (χ0) is 19.6. The molecule has 2 atom stereocenters. The first-order chi connectivity index (χ1) is 12.9. The summed E-state index contributed by atoms with van der Waals surface area (Å²) in [6.45, 7) is 7.36. The maximum Gasteiger partial charge on any atom is 0.293 e. The van der Waals surface area contributed by atoms with Crippen LogP contribution >= 0.6 is 12.4 Å². The van der Waals surface area contributed by atoms with Crippen molar-refractivity contribution in [1.82, 2.24) is 10.2 Å². The third kappa shape index (κ3) is 4.94. The largest absolute Gasteiger partial charge is 0.365 e. The second kappa shape index (κ2) is 9.56. The summed E-state index contributed by atoms with van der Waals surface area (Å²) >= 11 is 0. The first kappa shape index (κ1) is 22.4. The summed E-state index contributed by atoms with van der Waals surface area (Å²) in [6, 6.07) is 5.41. The molecule has 0 bridgehead atoms. The number of rotatable bonds is 4. The zero-order valence-electron chi connectivity index (χ0n) is 16.9. The lowest BCUT2D eigenvalue weighted by atomic mass is 9.91. The van der Waals surface area contributed by atoms with Gasteiger partial charge in [0.05, 0.1) is 4.92 Å². The van der Waals surface area contributed by atoms with Gasteiger partial charge < -0.3 is 15.1 Å². The number of nitro groups is 1. The molecule has 1 amide bonds. The highest BCUT2D eigenvalue weighted by molar-refractivity contribution is 5.96. The summed E-state index contributed by atoms with van der Waals surface area (Å²) in [6.07, 6.45) is 2.96. The summed E-state index contributed by atoms with van der Waals surface area (Å²) in [5, 5.41) is 15.0. The van der Waals surface area contributed by atoms with Crippen LogP contribution in [0.1, 0.15) is 43.5 Å². The van der Waals surface area contributed by atoms with Crippen LogP contribution in [0.5, 0.6) is 0 Å². The van der Waals surface area contributed by atoms with Gasteiger partial charge in [0.2, 0.25) is 0 Å². The van der Waals surface area contributed by atoms with Crippen LogP contribution < -0.4 is 10.2 Å². The summed E-state index contributed by atoms with van der Waals surface area (Å²) in [5.41, 5.74) is 1.07. The van der Waals surface area contributed by atoms with Crippen LogP contribution in [0.3, 0.4) is 0 Å². The minimum atomic E-state index is -0.358. The van der Waals surface area contributed by atoms with Crippen molar-refractivity contribution in [3.63, 3.8) is 0 Å². The van der Waals surface area contributed by atoms with Crippen LogP contribution in [0.15, 0.2) is 18.2 Å². The minimum Gasteiger partial charge on any atom is -0.365 e. The van der Waals surface area contributed by atoms with E-state index in [1.165, 1.54) is 6.07 Å². The molecule has 1 aromatic rings. The van der Waals surface area contributed by atoms with Gasteiger partial charge in [-0.25, -0.2) is 0 Å². The Labute approximate surface area is 173 Å². The van der Waals surface area contributed by atoms with Crippen LogP contribution in [-0.2, 0) is 0 Å². The number of carbonyl (C=O) groups excluding carboxylic acids is 1. The Morgan fingerprint density at radius 3 is 2.32 bits per heavy atom. The van der Waals surface area contributed by atoms with Crippen molar-refractivity contribution in [2.75, 3.05) is 38.1 Å². The van der Waals surface area contributed by atoms with Crippen LogP contribution in [0, 0.1) is 22.0 Å². The van der Waals surface area contributed by atoms with Crippen molar-refractivity contribution < 1.29 is 9.72 Å². The molecule has 7 nitrogen and oxygen atoms in total. The highest BCUT2D eigenvalue weighted by atomic mass is 35.5. The molecule has 0 aromatic heterocycles. The average Bonchev–Trinajstić information content (AvgIpc) is 2.66. The third-order valence-electron chi connectivity index (χ3n) is 5.82. The van der Waals surface area contributed by atoms with Crippen LogP contribution in [0.2, 0.25) is 0 Å². The molecule has 28 heavy (non-hydrogen) atoms. The predicted molar refractivity (Wildman–Crippen MR) is 113 cm³/mol. The number of nitro benzene ring substituents is 1. The van der Waals surface area contributed by atoms with Crippen LogP contribution in [-0.4, -0.2) is 55.0 Å². The van der Waals surface area contributed by atoms with Crippen LogP contribution in [0.25, 0.3) is 0 Å². The van der Waals surface area contributed by atoms with E-state index in [0.29, 0.717) is 42.2 Å². The lowest BCUT2D eigenvalue weighted by Gasteiger charge is -2.36. The van der Waals surface area contributed by atoms with Crippen molar-refractivity contribution in [3.8, 4) is 0 Å². The fourth-order valence-electron chi connectivity index (χ4n) is 4.48. The molecular weight excluding hydrogens is 380 g/mol. The Balaban J connectivity index is 0.00000280. The zero-order valence-corrected chi connectivity index (χ0v) is 17.7. The van der Waals surface area contributed by atoms with E-state index < -0.39 is 0 Å². The van der Waals surface area contributed by atoms with Gasteiger partial charge in [-0.3, -0.25) is 14.9 Å². The number of anilines is 1. The summed E-state index contributed by atoms with van der Waals surface area (Å²) in [5.74, 6) is 0.894. The first-order valence-corrected chi connectivity index (χ1v) is 9.89. The van der Waals surface area contributed by atoms with Crippen molar-refractivity contribution >= 4 is 29.7 Å². The van der Waals surface area contributed by atoms with E-state index in [0.717, 1.165) is 32.4 Å². The second-order valence-corrected chi connectivity index (χ2v) is 8.17. The fourth-order valence-corrected chi connectivity index (χ4v) is 4.48. The van der Waals surface area contributed by atoms with Crippen molar-refractivity contribution in [2.24, 2.45) is 11.8 Å². The Morgan fingerprint density at radius 2 is 1.79 bits per heavy atom. The molecule has 1 N–H and O–H groups in total. The molecule has 2 aliphatic heterocycles. The number of benzene rings is 1. The van der Waals surface area contributed by atoms with Gasteiger partial charge >= 0.3 is 0 Å². The fraction of sp³-hybridized carbons (Fsp3) is 0.650. The van der Waals surface area contributed by atoms with E-state index in [9.17, 15) is 14.9 Å². The van der Waals surface area contributed by atoms with Gasteiger partial charge in [-0.1, -0.05) is 13.8 Å². The number of piperidine rings is 2. The SMILES string of the molecule is CNC1CCN(C(=O)c2ccc(N3CC(C)CC(C)C3)c([N+](=O)[O-])c2)CC1.Cl. The molecule has 2 unspecified atom stereocenters. The molecule has 8 heteroatoms. The number of halogens is 1. The molecule has 2 saturated heterocycles. The maximum absolute atomic E-state index is 12.8. The number of hydrogen-bond acceptors (Lipinski definition) is 5. The molecule has 0 aliphatic carbocycles. The Morgan fingerprint density at radius 1 is 1.18 bits per heavy atom. The summed E-state index contributed by atoms with van der Waals surface area (Å²) < 4.78 is 0. The normalized spacial score (nSPS) is 23.2. The Hall–Kier alpha value is -1.86. The number of likely N-dealkylation sites (tertiary alicyclic amines) is 1. The number of nitrogens with one attached hydrogen (secondary N) is 1. The van der Waals surface area contributed by atoms with E-state index in [4.69, 9.17) is 0 Å². The van der Waals surface area contributed by atoms with Gasteiger partial charge in [0.25, 0.3) is 11.6 Å². The number of amides is 1. The molecule has 2 heterocycles. The van der Waals surface area contributed by atoms with Gasteiger partial charge in [-0.15, -0.1) is 12.4 Å². The number of carbonyl (C=O) groups is 1. The third-order valence-corrected chi connectivity index (χ3v) is 5.82. The standard InChI is InChI=1S/C20H30N4O3.ClH/c1-14-10-15(2)13-23(12-14)18-5-4-16(11-19(18)24(26)27)20(25)22-8-6-17(21-3)7-9-22;/h4-5,11,14-15,17,21H,6-10,12-13H2,1-3H3;1H. The summed E-state index contributed by atoms with van der Waals surface area (Å²) in [4.78, 5) is 28.1. The molecule has 2 aliphatic rings. The minimum absolute atomic E-state index is 0. The molecule has 0 radical (unpaired) electrons. The smallest absolute Gasteiger partial charge is 0.293 e. The van der Waals surface area contributed by atoms with E-state index in [1.807, 2.05) is 7.05 Å². The predicted octanol–water partition coefficient (Wildman–Crippen LogP) is 3.32.